The van der Waals surface area contributed by atoms with Crippen LogP contribution >= 0.6 is 11.3 Å². The Balaban J connectivity index is 1.59. The molecule has 0 saturated carbocycles. The summed E-state index contributed by atoms with van der Waals surface area (Å²) < 4.78 is 6.26. The Labute approximate surface area is 157 Å². The summed E-state index contributed by atoms with van der Waals surface area (Å²) in [6, 6.07) is 3.76. The van der Waals surface area contributed by atoms with E-state index in [4.69, 9.17) is 4.42 Å². The standard InChI is InChI=1S/C18H17N5O3S/c1-10(2)13-9-27-15(20-13)4-3-11-5-6-23-14(7-11)19-8-12(17(23)24)16-21-22-18(25)26-16/h5-10H,3-4H2,1-2H3,(H,22,25). The second-order valence-electron chi connectivity index (χ2n) is 6.48. The molecule has 0 fully saturated rings. The molecule has 0 spiro atoms. The Morgan fingerprint density at radius 2 is 2.15 bits per heavy atom. The highest BCUT2D eigenvalue weighted by Gasteiger charge is 2.13. The van der Waals surface area contributed by atoms with Gasteiger partial charge in [0.15, 0.2) is 0 Å². The van der Waals surface area contributed by atoms with E-state index in [2.05, 4.69) is 39.4 Å². The number of aromatic amines is 1. The van der Waals surface area contributed by atoms with Crippen molar-refractivity contribution in [3.05, 3.63) is 67.1 Å². The Morgan fingerprint density at radius 3 is 2.85 bits per heavy atom. The SMILES string of the molecule is CC(C)c1csc(CCc2ccn3c(=O)c(-c4n[nH]c(=O)o4)cnc3c2)n1. The van der Waals surface area contributed by atoms with Gasteiger partial charge in [-0.25, -0.2) is 19.9 Å². The molecule has 0 aliphatic rings. The van der Waals surface area contributed by atoms with Crippen molar-refractivity contribution >= 4 is 17.0 Å². The van der Waals surface area contributed by atoms with E-state index in [0.717, 1.165) is 29.1 Å². The van der Waals surface area contributed by atoms with Crippen LogP contribution in [0.4, 0.5) is 0 Å². The van der Waals surface area contributed by atoms with Crippen LogP contribution in [-0.4, -0.2) is 24.6 Å². The first-order valence-electron chi connectivity index (χ1n) is 8.52. The zero-order chi connectivity index (χ0) is 19.0. The number of hydrogen-bond acceptors (Lipinski definition) is 7. The van der Waals surface area contributed by atoms with Gasteiger partial charge in [-0.1, -0.05) is 13.8 Å². The van der Waals surface area contributed by atoms with E-state index in [-0.39, 0.29) is 17.0 Å². The smallest absolute Gasteiger partial charge is 0.387 e. The molecule has 0 unspecified atom stereocenters. The van der Waals surface area contributed by atoms with E-state index in [1.54, 1.807) is 17.5 Å². The molecule has 4 aromatic rings. The van der Waals surface area contributed by atoms with Crippen LogP contribution in [0, 0.1) is 0 Å². The van der Waals surface area contributed by atoms with Gasteiger partial charge in [-0.05, 0) is 30.0 Å². The first kappa shape index (κ1) is 17.3. The molecular formula is C18H17N5O3S. The highest BCUT2D eigenvalue weighted by Crippen LogP contribution is 2.19. The number of aromatic nitrogens is 5. The molecule has 138 valence electrons. The molecule has 4 aromatic heterocycles. The minimum absolute atomic E-state index is 0.0688. The molecule has 8 nitrogen and oxygen atoms in total. The van der Waals surface area contributed by atoms with Crippen molar-refractivity contribution in [3.63, 3.8) is 0 Å². The fraction of sp³-hybridized carbons (Fsp3) is 0.278. The average molecular weight is 383 g/mol. The number of rotatable bonds is 5. The van der Waals surface area contributed by atoms with Crippen LogP contribution in [0.25, 0.3) is 17.1 Å². The molecule has 1 N–H and O–H groups in total. The summed E-state index contributed by atoms with van der Waals surface area (Å²) in [6.45, 7) is 4.27. The molecule has 0 aromatic carbocycles. The number of pyridine rings is 1. The molecule has 27 heavy (non-hydrogen) atoms. The molecule has 0 radical (unpaired) electrons. The van der Waals surface area contributed by atoms with Gasteiger partial charge in [0.25, 0.3) is 11.4 Å². The van der Waals surface area contributed by atoms with Crippen molar-refractivity contribution in [2.24, 2.45) is 0 Å². The van der Waals surface area contributed by atoms with Crippen LogP contribution < -0.4 is 11.3 Å². The van der Waals surface area contributed by atoms with Crippen molar-refractivity contribution < 1.29 is 4.42 Å². The summed E-state index contributed by atoms with van der Waals surface area (Å²) in [4.78, 5) is 32.6. The molecule has 4 heterocycles. The highest BCUT2D eigenvalue weighted by molar-refractivity contribution is 7.09. The van der Waals surface area contributed by atoms with E-state index in [1.807, 2.05) is 12.1 Å². The fourth-order valence-corrected chi connectivity index (χ4v) is 3.68. The maximum atomic E-state index is 12.6. The molecule has 4 rings (SSSR count). The van der Waals surface area contributed by atoms with Gasteiger partial charge in [0.2, 0.25) is 0 Å². The van der Waals surface area contributed by atoms with Crippen LogP contribution in [0.3, 0.4) is 0 Å². The van der Waals surface area contributed by atoms with E-state index < -0.39 is 5.76 Å². The average Bonchev–Trinajstić information content (AvgIpc) is 3.29. The van der Waals surface area contributed by atoms with Crippen LogP contribution in [0.1, 0.15) is 36.0 Å². The van der Waals surface area contributed by atoms with Gasteiger partial charge in [-0.2, -0.15) is 0 Å². The minimum Gasteiger partial charge on any atom is -0.387 e. The predicted octanol–water partition coefficient (Wildman–Crippen LogP) is 2.40. The van der Waals surface area contributed by atoms with Crippen LogP contribution in [0.5, 0.6) is 0 Å². The number of hydrogen-bond donors (Lipinski definition) is 1. The van der Waals surface area contributed by atoms with Gasteiger partial charge in [0.1, 0.15) is 11.2 Å². The van der Waals surface area contributed by atoms with Crippen molar-refractivity contribution in [2.45, 2.75) is 32.6 Å². The number of fused-ring (bicyclic) bond motifs is 1. The molecular weight excluding hydrogens is 366 g/mol. The Bertz CT molecular complexity index is 1220. The largest absolute Gasteiger partial charge is 0.434 e. The molecule has 0 aliphatic carbocycles. The zero-order valence-electron chi connectivity index (χ0n) is 14.8. The first-order chi connectivity index (χ1) is 13.0. The minimum atomic E-state index is -0.715. The predicted molar refractivity (Wildman–Crippen MR) is 101 cm³/mol. The Kier molecular flexibility index (Phi) is 4.44. The summed E-state index contributed by atoms with van der Waals surface area (Å²) >= 11 is 1.68. The Morgan fingerprint density at radius 1 is 1.30 bits per heavy atom. The van der Waals surface area contributed by atoms with Gasteiger partial charge in [0.05, 0.1) is 10.7 Å². The van der Waals surface area contributed by atoms with E-state index in [0.29, 0.717) is 11.6 Å². The maximum absolute atomic E-state index is 12.6. The lowest BCUT2D eigenvalue weighted by molar-refractivity contribution is 0.526. The molecule has 9 heteroatoms. The summed E-state index contributed by atoms with van der Waals surface area (Å²) in [7, 11) is 0. The molecule has 0 atom stereocenters. The highest BCUT2D eigenvalue weighted by atomic mass is 32.1. The third-order valence-electron chi connectivity index (χ3n) is 4.23. The second kappa shape index (κ2) is 6.92. The van der Waals surface area contributed by atoms with Gasteiger partial charge >= 0.3 is 5.76 Å². The van der Waals surface area contributed by atoms with Crippen molar-refractivity contribution in [2.75, 3.05) is 0 Å². The third-order valence-corrected chi connectivity index (χ3v) is 5.16. The number of aryl methyl sites for hydroxylation is 2. The summed E-state index contributed by atoms with van der Waals surface area (Å²) in [5.74, 6) is -0.353. The van der Waals surface area contributed by atoms with Crippen LogP contribution in [0.2, 0.25) is 0 Å². The lowest BCUT2D eigenvalue weighted by Crippen LogP contribution is -2.17. The molecule has 0 amide bonds. The molecule has 0 saturated heterocycles. The fourth-order valence-electron chi connectivity index (χ4n) is 2.72. The van der Waals surface area contributed by atoms with Gasteiger partial charge < -0.3 is 4.42 Å². The maximum Gasteiger partial charge on any atom is 0.434 e. The molecule has 0 aliphatic heterocycles. The van der Waals surface area contributed by atoms with Crippen molar-refractivity contribution in [1.82, 2.24) is 24.6 Å². The lowest BCUT2D eigenvalue weighted by Gasteiger charge is -2.05. The zero-order valence-corrected chi connectivity index (χ0v) is 15.6. The van der Waals surface area contributed by atoms with Gasteiger partial charge in [-0.15, -0.1) is 16.4 Å². The normalized spacial score (nSPS) is 11.5. The Hall–Kier alpha value is -3.07. The van der Waals surface area contributed by atoms with E-state index in [1.165, 1.54) is 10.6 Å². The quantitative estimate of drug-likeness (QED) is 0.567. The van der Waals surface area contributed by atoms with Crippen LogP contribution in [-0.2, 0) is 12.8 Å². The number of thiazole rings is 1. The summed E-state index contributed by atoms with van der Waals surface area (Å²) in [5, 5.41) is 9.04. The van der Waals surface area contributed by atoms with Crippen molar-refractivity contribution in [3.8, 4) is 11.5 Å². The second-order valence-corrected chi connectivity index (χ2v) is 7.42. The van der Waals surface area contributed by atoms with Gasteiger partial charge in [0, 0.05) is 24.2 Å². The van der Waals surface area contributed by atoms with E-state index in [9.17, 15) is 9.59 Å². The van der Waals surface area contributed by atoms with Crippen molar-refractivity contribution in [1.29, 1.82) is 0 Å². The first-order valence-corrected chi connectivity index (χ1v) is 9.39. The number of H-pyrrole nitrogens is 1. The topological polar surface area (TPSA) is 106 Å². The van der Waals surface area contributed by atoms with Gasteiger partial charge in [-0.3, -0.25) is 9.20 Å². The lowest BCUT2D eigenvalue weighted by atomic mass is 10.1. The number of nitrogens with zero attached hydrogens (tertiary/aromatic N) is 4. The monoisotopic (exact) mass is 383 g/mol. The van der Waals surface area contributed by atoms with Crippen LogP contribution in [0.15, 0.2) is 43.9 Å². The summed E-state index contributed by atoms with van der Waals surface area (Å²) in [6.07, 6.45) is 4.70. The van der Waals surface area contributed by atoms with E-state index >= 15 is 0 Å². The third kappa shape index (κ3) is 3.45. The number of nitrogens with one attached hydrogen (secondary N) is 1. The summed E-state index contributed by atoms with van der Waals surface area (Å²) in [5.41, 5.74) is 2.51. The molecule has 0 bridgehead atoms.